The number of rotatable bonds is 8. The monoisotopic (exact) mass is 413 g/mol. The minimum Gasteiger partial charge on any atom is -0.449 e. The Balaban J connectivity index is 2.12. The van der Waals surface area contributed by atoms with E-state index in [0.717, 1.165) is 6.42 Å². The van der Waals surface area contributed by atoms with Crippen molar-refractivity contribution in [3.05, 3.63) is 34.9 Å². The normalized spacial score (nSPS) is 16.0. The van der Waals surface area contributed by atoms with Gasteiger partial charge in [-0.25, -0.2) is 4.79 Å². The average molecular weight is 413 g/mol. The molecule has 0 saturated heterocycles. The van der Waals surface area contributed by atoms with Gasteiger partial charge in [-0.05, 0) is 44.4 Å². The smallest absolute Gasteiger partial charge is 0.338 e. The Hall–Kier alpha value is -3.21. The van der Waals surface area contributed by atoms with E-state index in [1.165, 1.54) is 30.0 Å². The lowest BCUT2D eigenvalue weighted by Crippen LogP contribution is -2.52. The molecule has 0 unspecified atom stereocenters. The number of esters is 1. The van der Waals surface area contributed by atoms with Crippen LogP contribution < -0.4 is 5.32 Å². The summed E-state index contributed by atoms with van der Waals surface area (Å²) in [6.45, 7) is 8.88. The number of nitriles is 1. The number of imide groups is 1. The maximum Gasteiger partial charge on any atom is 0.338 e. The van der Waals surface area contributed by atoms with Crippen LogP contribution in [0.2, 0.25) is 0 Å². The summed E-state index contributed by atoms with van der Waals surface area (Å²) >= 11 is 0. The summed E-state index contributed by atoms with van der Waals surface area (Å²) in [4.78, 5) is 51.0. The van der Waals surface area contributed by atoms with Gasteiger partial charge in [0.05, 0.1) is 22.8 Å². The molecule has 1 N–H and O–H groups in total. The summed E-state index contributed by atoms with van der Waals surface area (Å²) in [5.41, 5.74) is -0.626. The van der Waals surface area contributed by atoms with E-state index in [-0.39, 0.29) is 28.5 Å². The minimum absolute atomic E-state index is 0.0683. The molecule has 8 heteroatoms. The Morgan fingerprint density at radius 1 is 1.20 bits per heavy atom. The second kappa shape index (κ2) is 9.08. The van der Waals surface area contributed by atoms with E-state index in [9.17, 15) is 24.4 Å². The third-order valence-corrected chi connectivity index (χ3v) is 5.36. The fourth-order valence-electron chi connectivity index (χ4n) is 2.88. The van der Waals surface area contributed by atoms with Crippen LogP contribution in [0.25, 0.3) is 0 Å². The molecule has 30 heavy (non-hydrogen) atoms. The lowest BCUT2D eigenvalue weighted by molar-refractivity contribution is -0.130. The van der Waals surface area contributed by atoms with Gasteiger partial charge in [0.1, 0.15) is 5.54 Å². The van der Waals surface area contributed by atoms with Crippen molar-refractivity contribution in [3.8, 4) is 6.07 Å². The molecule has 0 aromatic heterocycles. The van der Waals surface area contributed by atoms with Crippen molar-refractivity contribution >= 4 is 23.7 Å². The highest BCUT2D eigenvalue weighted by Gasteiger charge is 2.36. The van der Waals surface area contributed by atoms with E-state index < -0.39 is 29.4 Å². The standard InChI is InChI=1S/C22H27N3O5/c1-6-7-10-25-19(27)16-9-8-15(11-17(16)20(25)28)21(29)30-14(4)18(26)24-22(5,12-23)13(2)3/h8-9,11,13-14H,6-7,10H2,1-5H3,(H,24,26)/t14-,22+/m0/s1. The van der Waals surface area contributed by atoms with Crippen molar-refractivity contribution in [1.82, 2.24) is 10.2 Å². The highest BCUT2D eigenvalue weighted by atomic mass is 16.5. The topological polar surface area (TPSA) is 117 Å². The van der Waals surface area contributed by atoms with Gasteiger partial charge in [0, 0.05) is 6.54 Å². The molecule has 2 rings (SSSR count). The van der Waals surface area contributed by atoms with Gasteiger partial charge in [-0.1, -0.05) is 27.2 Å². The zero-order valence-corrected chi connectivity index (χ0v) is 17.9. The zero-order chi connectivity index (χ0) is 22.6. The first-order chi connectivity index (χ1) is 14.1. The Morgan fingerprint density at radius 2 is 1.83 bits per heavy atom. The van der Waals surface area contributed by atoms with Gasteiger partial charge in [0.15, 0.2) is 6.10 Å². The summed E-state index contributed by atoms with van der Waals surface area (Å²) in [5.74, 6) is -2.35. The molecule has 1 aliphatic rings. The molecule has 0 radical (unpaired) electrons. The highest BCUT2D eigenvalue weighted by Crippen LogP contribution is 2.25. The zero-order valence-electron chi connectivity index (χ0n) is 17.9. The molecule has 2 atom stereocenters. The van der Waals surface area contributed by atoms with E-state index in [4.69, 9.17) is 4.74 Å². The predicted octanol–water partition coefficient (Wildman–Crippen LogP) is 2.68. The molecular formula is C22H27N3O5. The first-order valence-electron chi connectivity index (χ1n) is 10.00. The molecule has 1 aromatic rings. The maximum atomic E-state index is 12.5. The van der Waals surface area contributed by atoms with Gasteiger partial charge in [-0.15, -0.1) is 0 Å². The second-order valence-corrected chi connectivity index (χ2v) is 7.88. The van der Waals surface area contributed by atoms with Gasteiger partial charge in [0.2, 0.25) is 0 Å². The van der Waals surface area contributed by atoms with E-state index in [1.807, 2.05) is 6.92 Å². The number of fused-ring (bicyclic) bond motifs is 1. The summed E-state index contributed by atoms with van der Waals surface area (Å²) in [6.07, 6.45) is 0.396. The number of ether oxygens (including phenoxy) is 1. The van der Waals surface area contributed by atoms with Crippen molar-refractivity contribution in [3.63, 3.8) is 0 Å². The van der Waals surface area contributed by atoms with Crippen molar-refractivity contribution in [2.75, 3.05) is 6.54 Å². The summed E-state index contributed by atoms with van der Waals surface area (Å²) in [6, 6.07) is 6.20. The third-order valence-electron chi connectivity index (χ3n) is 5.36. The van der Waals surface area contributed by atoms with Crippen LogP contribution in [0.1, 0.15) is 78.5 Å². The number of nitrogens with zero attached hydrogens (tertiary/aromatic N) is 2. The Bertz CT molecular complexity index is 918. The maximum absolute atomic E-state index is 12.5. The summed E-state index contributed by atoms with van der Waals surface area (Å²) in [5, 5.41) is 11.9. The molecule has 0 spiro atoms. The predicted molar refractivity (Wildman–Crippen MR) is 109 cm³/mol. The van der Waals surface area contributed by atoms with Crippen LogP contribution in [0.4, 0.5) is 0 Å². The molecule has 0 bridgehead atoms. The molecule has 1 aromatic carbocycles. The molecular weight excluding hydrogens is 386 g/mol. The van der Waals surface area contributed by atoms with Gasteiger partial charge >= 0.3 is 5.97 Å². The number of hydrogen-bond donors (Lipinski definition) is 1. The lowest BCUT2D eigenvalue weighted by atomic mass is 9.90. The highest BCUT2D eigenvalue weighted by molar-refractivity contribution is 6.22. The average Bonchev–Trinajstić information content (AvgIpc) is 2.95. The molecule has 1 aliphatic heterocycles. The molecule has 1 heterocycles. The van der Waals surface area contributed by atoms with Crippen LogP contribution in [0.3, 0.4) is 0 Å². The molecule has 160 valence electrons. The molecule has 0 fully saturated rings. The summed E-state index contributed by atoms with van der Waals surface area (Å²) < 4.78 is 5.21. The fraction of sp³-hybridized carbons (Fsp3) is 0.500. The Labute approximate surface area is 176 Å². The Morgan fingerprint density at radius 3 is 2.40 bits per heavy atom. The second-order valence-electron chi connectivity index (χ2n) is 7.88. The molecule has 8 nitrogen and oxygen atoms in total. The van der Waals surface area contributed by atoms with Crippen LogP contribution in [-0.2, 0) is 9.53 Å². The molecule has 3 amide bonds. The van der Waals surface area contributed by atoms with Crippen molar-refractivity contribution in [2.24, 2.45) is 5.92 Å². The van der Waals surface area contributed by atoms with Gasteiger partial charge in [0.25, 0.3) is 17.7 Å². The van der Waals surface area contributed by atoms with Gasteiger partial charge in [-0.3, -0.25) is 19.3 Å². The van der Waals surface area contributed by atoms with Crippen molar-refractivity contribution in [2.45, 2.75) is 59.1 Å². The minimum atomic E-state index is -1.14. The van der Waals surface area contributed by atoms with Crippen LogP contribution in [0.15, 0.2) is 18.2 Å². The molecule has 0 saturated carbocycles. The first kappa shape index (κ1) is 23.1. The number of amides is 3. The number of unbranched alkanes of at least 4 members (excludes halogenated alkanes) is 1. The van der Waals surface area contributed by atoms with Crippen LogP contribution >= 0.6 is 0 Å². The summed E-state index contributed by atoms with van der Waals surface area (Å²) in [7, 11) is 0. The number of carbonyl (C=O) groups excluding carboxylic acids is 4. The van der Waals surface area contributed by atoms with Gasteiger partial charge < -0.3 is 10.1 Å². The SMILES string of the molecule is CCCCN1C(=O)c2ccc(C(=O)O[C@@H](C)C(=O)N[C@](C)(C#N)C(C)C)cc2C1=O. The van der Waals surface area contributed by atoms with Crippen molar-refractivity contribution < 1.29 is 23.9 Å². The molecule has 0 aliphatic carbocycles. The van der Waals surface area contributed by atoms with E-state index in [2.05, 4.69) is 11.4 Å². The van der Waals surface area contributed by atoms with E-state index in [1.54, 1.807) is 20.8 Å². The van der Waals surface area contributed by atoms with E-state index in [0.29, 0.717) is 13.0 Å². The number of nitrogens with one attached hydrogen (secondary N) is 1. The lowest BCUT2D eigenvalue weighted by Gasteiger charge is -2.28. The fourth-order valence-corrected chi connectivity index (χ4v) is 2.88. The van der Waals surface area contributed by atoms with Crippen LogP contribution in [0, 0.1) is 17.2 Å². The van der Waals surface area contributed by atoms with Crippen LogP contribution in [-0.4, -0.2) is 46.8 Å². The third kappa shape index (κ3) is 4.51. The quantitative estimate of drug-likeness (QED) is 0.517. The number of benzene rings is 1. The largest absolute Gasteiger partial charge is 0.449 e. The Kier molecular flexibility index (Phi) is 6.98. The van der Waals surface area contributed by atoms with Crippen molar-refractivity contribution in [1.29, 1.82) is 5.26 Å². The van der Waals surface area contributed by atoms with Gasteiger partial charge in [-0.2, -0.15) is 5.26 Å². The van der Waals surface area contributed by atoms with Crippen LogP contribution in [0.5, 0.6) is 0 Å². The van der Waals surface area contributed by atoms with E-state index >= 15 is 0 Å². The number of hydrogen-bond acceptors (Lipinski definition) is 6. The number of carbonyl (C=O) groups is 4. The first-order valence-corrected chi connectivity index (χ1v) is 10.00.